The molecule has 2 aromatic rings. The standard InChI is InChI=1S/C34H50N6O3/c1-7-40(27-11-9-26(10-12-27)38(5)6)31-16-25(24-8-13-32(35-17-24)39-19-28(41)20-39)15-29(23(31)4)33(42)36-18-30-21(2)14-22(3)37-34(30)43/h8,13,15-17,21-22,26-28,30,41H,7,9-12,14,18-20H2,1-6H3,(H,36,42)(H,37,43). The van der Waals surface area contributed by atoms with Crippen molar-refractivity contribution in [1.29, 1.82) is 0 Å². The molecule has 3 fully saturated rings. The van der Waals surface area contributed by atoms with Crippen LogP contribution in [0.5, 0.6) is 0 Å². The van der Waals surface area contributed by atoms with Crippen LogP contribution in [0.3, 0.4) is 0 Å². The summed E-state index contributed by atoms with van der Waals surface area (Å²) in [6.07, 6.45) is 7.05. The Hall–Kier alpha value is -3.17. The monoisotopic (exact) mass is 590 g/mol. The number of benzene rings is 1. The van der Waals surface area contributed by atoms with Crippen molar-refractivity contribution >= 4 is 23.3 Å². The van der Waals surface area contributed by atoms with Gasteiger partial charge >= 0.3 is 0 Å². The molecule has 43 heavy (non-hydrogen) atoms. The number of rotatable bonds is 9. The van der Waals surface area contributed by atoms with Gasteiger partial charge in [0.1, 0.15) is 5.82 Å². The van der Waals surface area contributed by atoms with E-state index >= 15 is 0 Å². The Bertz CT molecular complexity index is 1280. The number of piperidine rings is 1. The maximum Gasteiger partial charge on any atom is 0.251 e. The summed E-state index contributed by atoms with van der Waals surface area (Å²) >= 11 is 0. The van der Waals surface area contributed by atoms with E-state index < -0.39 is 0 Å². The van der Waals surface area contributed by atoms with E-state index in [0.717, 1.165) is 66.8 Å². The number of anilines is 2. The van der Waals surface area contributed by atoms with Crippen molar-refractivity contribution in [3.63, 3.8) is 0 Å². The predicted octanol–water partition coefficient (Wildman–Crippen LogP) is 3.83. The number of amides is 2. The number of carbonyl (C=O) groups is 2. The van der Waals surface area contributed by atoms with Crippen LogP contribution in [0.2, 0.25) is 0 Å². The number of β-amino-alcohol motifs (C(OH)–C–C–N with tert-alkyl or cyclic N) is 1. The average molecular weight is 591 g/mol. The van der Waals surface area contributed by atoms with E-state index in [2.05, 4.69) is 77.3 Å². The lowest BCUT2D eigenvalue weighted by Crippen LogP contribution is -2.51. The van der Waals surface area contributed by atoms with E-state index in [9.17, 15) is 14.7 Å². The first-order chi connectivity index (χ1) is 20.5. The summed E-state index contributed by atoms with van der Waals surface area (Å²) in [5.41, 5.74) is 4.59. The van der Waals surface area contributed by atoms with Crippen LogP contribution in [0.4, 0.5) is 11.5 Å². The molecular formula is C34H50N6O3. The number of nitrogens with zero attached hydrogens (tertiary/aromatic N) is 4. The number of aliphatic hydroxyl groups is 1. The third kappa shape index (κ3) is 6.83. The molecule has 9 heteroatoms. The second kappa shape index (κ2) is 13.2. The fourth-order valence-corrected chi connectivity index (χ4v) is 7.28. The lowest BCUT2D eigenvalue weighted by molar-refractivity contribution is -0.129. The summed E-state index contributed by atoms with van der Waals surface area (Å²) in [7, 11) is 4.34. The van der Waals surface area contributed by atoms with Crippen LogP contribution < -0.4 is 20.4 Å². The average Bonchev–Trinajstić information content (AvgIpc) is 2.96. The zero-order chi connectivity index (χ0) is 30.8. The topological polar surface area (TPSA) is 101 Å². The van der Waals surface area contributed by atoms with Gasteiger partial charge in [0.25, 0.3) is 5.91 Å². The summed E-state index contributed by atoms with van der Waals surface area (Å²) in [6, 6.07) is 9.43. The highest BCUT2D eigenvalue weighted by Gasteiger charge is 2.33. The van der Waals surface area contributed by atoms with Crippen molar-refractivity contribution in [3.05, 3.63) is 41.6 Å². The molecule has 234 valence electrons. The molecule has 0 spiro atoms. The third-order valence-electron chi connectivity index (χ3n) is 10.00. The molecule has 3 aliphatic rings. The van der Waals surface area contributed by atoms with E-state index in [0.29, 0.717) is 37.3 Å². The van der Waals surface area contributed by atoms with Gasteiger partial charge in [-0.25, -0.2) is 4.98 Å². The van der Waals surface area contributed by atoms with Crippen LogP contribution in [0, 0.1) is 18.8 Å². The number of nitrogens with one attached hydrogen (secondary N) is 2. The van der Waals surface area contributed by atoms with Gasteiger partial charge in [0.15, 0.2) is 0 Å². The van der Waals surface area contributed by atoms with E-state index in [-0.39, 0.29) is 35.8 Å². The molecule has 3 atom stereocenters. The molecule has 1 saturated carbocycles. The SMILES string of the molecule is CCN(c1cc(-c2ccc(N3CC(O)C3)nc2)cc(C(=O)NCC2C(=O)NC(C)CC2C)c1C)C1CCC(N(C)C)CC1. The molecule has 3 heterocycles. The maximum atomic E-state index is 13.8. The second-order valence-electron chi connectivity index (χ2n) is 13.3. The van der Waals surface area contributed by atoms with Gasteiger partial charge in [-0.3, -0.25) is 9.59 Å². The minimum Gasteiger partial charge on any atom is -0.389 e. The first-order valence-electron chi connectivity index (χ1n) is 16.1. The van der Waals surface area contributed by atoms with Crippen LogP contribution in [-0.2, 0) is 4.79 Å². The normalized spacial score (nSPS) is 26.2. The van der Waals surface area contributed by atoms with E-state index in [1.165, 1.54) is 0 Å². The molecule has 0 radical (unpaired) electrons. The van der Waals surface area contributed by atoms with Crippen LogP contribution >= 0.6 is 0 Å². The van der Waals surface area contributed by atoms with Crippen LogP contribution in [0.25, 0.3) is 11.1 Å². The first kappa shape index (κ1) is 31.3. The van der Waals surface area contributed by atoms with E-state index in [1.54, 1.807) is 0 Å². The smallest absolute Gasteiger partial charge is 0.251 e. The van der Waals surface area contributed by atoms with Crippen molar-refractivity contribution < 1.29 is 14.7 Å². The summed E-state index contributed by atoms with van der Waals surface area (Å²) in [6.45, 7) is 10.8. The Morgan fingerprint density at radius 1 is 1.09 bits per heavy atom. The second-order valence-corrected chi connectivity index (χ2v) is 13.3. The summed E-state index contributed by atoms with van der Waals surface area (Å²) in [4.78, 5) is 38.1. The van der Waals surface area contributed by atoms with Gasteiger partial charge < -0.3 is 30.4 Å². The Morgan fingerprint density at radius 2 is 1.79 bits per heavy atom. The molecule has 1 aliphatic carbocycles. The van der Waals surface area contributed by atoms with E-state index in [1.807, 2.05) is 25.3 Å². The largest absolute Gasteiger partial charge is 0.389 e. The first-order valence-corrected chi connectivity index (χ1v) is 16.1. The van der Waals surface area contributed by atoms with Gasteiger partial charge in [-0.2, -0.15) is 0 Å². The van der Waals surface area contributed by atoms with Crippen LogP contribution in [0.15, 0.2) is 30.5 Å². The number of aliphatic hydroxyl groups excluding tert-OH is 1. The van der Waals surface area contributed by atoms with Gasteiger partial charge in [-0.05, 0) is 108 Å². The predicted molar refractivity (Wildman–Crippen MR) is 173 cm³/mol. The Kier molecular flexibility index (Phi) is 9.61. The highest BCUT2D eigenvalue weighted by Crippen LogP contribution is 2.36. The van der Waals surface area contributed by atoms with Gasteiger partial charge in [-0.15, -0.1) is 0 Å². The minimum atomic E-state index is -0.291. The minimum absolute atomic E-state index is 0.0177. The fourth-order valence-electron chi connectivity index (χ4n) is 7.28. The van der Waals surface area contributed by atoms with Gasteiger partial charge in [0.05, 0.1) is 12.0 Å². The fraction of sp³-hybridized carbons (Fsp3) is 0.618. The Labute approximate surface area is 257 Å². The number of carbonyl (C=O) groups excluding carboxylic acids is 2. The zero-order valence-electron chi connectivity index (χ0n) is 26.8. The van der Waals surface area contributed by atoms with Crippen molar-refractivity contribution in [3.8, 4) is 11.1 Å². The van der Waals surface area contributed by atoms with Gasteiger partial charge in [-0.1, -0.05) is 6.92 Å². The molecule has 3 unspecified atom stereocenters. The molecule has 5 rings (SSSR count). The van der Waals surface area contributed by atoms with Crippen molar-refractivity contribution in [1.82, 2.24) is 20.5 Å². The summed E-state index contributed by atoms with van der Waals surface area (Å²) in [5.74, 6) is 0.687. The number of pyridine rings is 1. The molecular weight excluding hydrogens is 540 g/mol. The molecule has 2 amide bonds. The van der Waals surface area contributed by atoms with Gasteiger partial charge in [0, 0.05) is 67.3 Å². The maximum absolute atomic E-state index is 13.8. The highest BCUT2D eigenvalue weighted by atomic mass is 16.3. The quantitative estimate of drug-likeness (QED) is 0.408. The van der Waals surface area contributed by atoms with Crippen molar-refractivity contribution in [2.24, 2.45) is 11.8 Å². The molecule has 2 aliphatic heterocycles. The number of hydrogen-bond donors (Lipinski definition) is 3. The Morgan fingerprint density at radius 3 is 2.37 bits per heavy atom. The lowest BCUT2D eigenvalue weighted by atomic mass is 9.84. The zero-order valence-corrected chi connectivity index (χ0v) is 26.8. The lowest BCUT2D eigenvalue weighted by Gasteiger charge is -2.40. The molecule has 1 aromatic heterocycles. The van der Waals surface area contributed by atoms with Crippen LogP contribution in [-0.4, -0.2) is 91.3 Å². The summed E-state index contributed by atoms with van der Waals surface area (Å²) in [5, 5.41) is 15.9. The van der Waals surface area contributed by atoms with Gasteiger partial charge in [0.2, 0.25) is 5.91 Å². The highest BCUT2D eigenvalue weighted by molar-refractivity contribution is 5.99. The van der Waals surface area contributed by atoms with Crippen LogP contribution in [0.1, 0.15) is 68.8 Å². The Balaban J connectivity index is 1.44. The molecule has 1 aromatic carbocycles. The summed E-state index contributed by atoms with van der Waals surface area (Å²) < 4.78 is 0. The molecule has 9 nitrogen and oxygen atoms in total. The molecule has 0 bridgehead atoms. The van der Waals surface area contributed by atoms with Crippen molar-refractivity contribution in [2.45, 2.75) is 84.0 Å². The van der Waals surface area contributed by atoms with E-state index in [4.69, 9.17) is 0 Å². The molecule has 2 saturated heterocycles. The number of hydrogen-bond acceptors (Lipinski definition) is 7. The van der Waals surface area contributed by atoms with Crippen molar-refractivity contribution in [2.75, 3.05) is 50.1 Å². The third-order valence-corrected chi connectivity index (χ3v) is 10.00. The number of aromatic nitrogens is 1. The molecule has 3 N–H and O–H groups in total.